The van der Waals surface area contributed by atoms with E-state index in [-0.39, 0.29) is 0 Å². The SMILES string of the molecule is c1ccc(-c2ccc(-c3cc(-c4ccc(-c5ccccc5)cc4)nc(-c4ccc(-c5nc6ccccc6c6c5ccc5c7ccccc7sc56)cc4)n3)cc2)cc1. The number of nitrogens with zero attached hydrogens (tertiary/aromatic N) is 3. The Labute approximate surface area is 334 Å². The molecule has 0 N–H and O–H groups in total. The predicted octanol–water partition coefficient (Wildman–Crippen LogP) is 14.5. The highest BCUT2D eigenvalue weighted by atomic mass is 32.1. The molecule has 0 aliphatic rings. The van der Waals surface area contributed by atoms with E-state index in [0.29, 0.717) is 5.82 Å². The lowest BCUT2D eigenvalue weighted by molar-refractivity contribution is 1.18. The van der Waals surface area contributed by atoms with E-state index >= 15 is 0 Å². The van der Waals surface area contributed by atoms with Gasteiger partial charge in [0.2, 0.25) is 0 Å². The maximum absolute atomic E-state index is 5.28. The summed E-state index contributed by atoms with van der Waals surface area (Å²) in [4.78, 5) is 15.7. The molecule has 0 amide bonds. The third kappa shape index (κ3) is 5.95. The maximum Gasteiger partial charge on any atom is 0.160 e. The normalized spacial score (nSPS) is 11.5. The molecule has 0 radical (unpaired) electrons. The van der Waals surface area contributed by atoms with Crippen molar-refractivity contribution in [1.82, 2.24) is 15.0 Å². The van der Waals surface area contributed by atoms with Gasteiger partial charge in [-0.1, -0.05) is 182 Å². The Kier molecular flexibility index (Phi) is 8.01. The van der Waals surface area contributed by atoms with E-state index < -0.39 is 0 Å². The summed E-state index contributed by atoms with van der Waals surface area (Å²) in [6.07, 6.45) is 0. The van der Waals surface area contributed by atoms with Gasteiger partial charge < -0.3 is 0 Å². The van der Waals surface area contributed by atoms with Crippen LogP contribution in [0.1, 0.15) is 0 Å². The largest absolute Gasteiger partial charge is 0.247 e. The van der Waals surface area contributed by atoms with Gasteiger partial charge in [0.1, 0.15) is 0 Å². The molecule has 3 nitrogen and oxygen atoms in total. The van der Waals surface area contributed by atoms with Gasteiger partial charge in [0.25, 0.3) is 0 Å². The lowest BCUT2D eigenvalue weighted by Crippen LogP contribution is -1.96. The first-order valence-corrected chi connectivity index (χ1v) is 20.0. The Morgan fingerprint density at radius 3 is 1.42 bits per heavy atom. The van der Waals surface area contributed by atoms with Gasteiger partial charge in [0.05, 0.1) is 22.6 Å². The van der Waals surface area contributed by atoms with Crippen LogP contribution in [-0.4, -0.2) is 15.0 Å². The second-order valence-corrected chi connectivity index (χ2v) is 15.4. The summed E-state index contributed by atoms with van der Waals surface area (Å²) in [5.74, 6) is 0.677. The molecular weight excluding hydrogens is 711 g/mol. The van der Waals surface area contributed by atoms with E-state index in [1.54, 1.807) is 0 Å². The summed E-state index contributed by atoms with van der Waals surface area (Å²) < 4.78 is 2.60. The topological polar surface area (TPSA) is 38.7 Å². The second kappa shape index (κ2) is 13.8. The molecule has 0 bridgehead atoms. The number of pyridine rings is 1. The minimum absolute atomic E-state index is 0.677. The van der Waals surface area contributed by atoms with Gasteiger partial charge in [0, 0.05) is 58.6 Å². The molecule has 0 atom stereocenters. The molecule has 0 saturated heterocycles. The molecule has 266 valence electrons. The highest BCUT2D eigenvalue weighted by Gasteiger charge is 2.17. The van der Waals surface area contributed by atoms with Crippen LogP contribution in [0.2, 0.25) is 0 Å². The molecule has 3 aromatic heterocycles. The third-order valence-corrected chi connectivity index (χ3v) is 12.1. The Balaban J connectivity index is 1.02. The van der Waals surface area contributed by atoms with Crippen LogP contribution >= 0.6 is 11.3 Å². The molecule has 3 heterocycles. The smallest absolute Gasteiger partial charge is 0.160 e. The van der Waals surface area contributed by atoms with E-state index in [0.717, 1.165) is 50.2 Å². The predicted molar refractivity (Wildman–Crippen MR) is 240 cm³/mol. The van der Waals surface area contributed by atoms with Gasteiger partial charge >= 0.3 is 0 Å². The first kappa shape index (κ1) is 33.1. The van der Waals surface area contributed by atoms with Crippen molar-refractivity contribution in [3.63, 3.8) is 0 Å². The molecule has 0 aliphatic heterocycles. The molecule has 0 aliphatic carbocycles. The van der Waals surface area contributed by atoms with E-state index in [1.807, 2.05) is 23.5 Å². The molecule has 0 unspecified atom stereocenters. The monoisotopic (exact) mass is 743 g/mol. The molecule has 0 fully saturated rings. The van der Waals surface area contributed by atoms with Gasteiger partial charge in [0.15, 0.2) is 5.82 Å². The highest BCUT2D eigenvalue weighted by Crippen LogP contribution is 2.43. The van der Waals surface area contributed by atoms with E-state index in [1.165, 1.54) is 53.2 Å². The molecule has 57 heavy (non-hydrogen) atoms. The lowest BCUT2D eigenvalue weighted by Gasteiger charge is -2.13. The molecule has 4 heteroatoms. The van der Waals surface area contributed by atoms with Crippen LogP contribution in [0.4, 0.5) is 0 Å². The van der Waals surface area contributed by atoms with E-state index in [9.17, 15) is 0 Å². The van der Waals surface area contributed by atoms with E-state index in [4.69, 9.17) is 15.0 Å². The fourth-order valence-corrected chi connectivity index (χ4v) is 9.28. The zero-order valence-electron chi connectivity index (χ0n) is 30.8. The average Bonchev–Trinajstić information content (AvgIpc) is 3.68. The number of fused-ring (bicyclic) bond motifs is 7. The van der Waals surface area contributed by atoms with Crippen LogP contribution in [0.5, 0.6) is 0 Å². The van der Waals surface area contributed by atoms with Crippen LogP contribution in [0.15, 0.2) is 200 Å². The fourth-order valence-electron chi connectivity index (χ4n) is 8.01. The lowest BCUT2D eigenvalue weighted by atomic mass is 9.97. The van der Waals surface area contributed by atoms with Crippen molar-refractivity contribution in [1.29, 1.82) is 0 Å². The second-order valence-electron chi connectivity index (χ2n) is 14.4. The number of para-hydroxylation sites is 1. The van der Waals surface area contributed by atoms with Crippen molar-refractivity contribution in [2.75, 3.05) is 0 Å². The molecule has 0 spiro atoms. The minimum atomic E-state index is 0.677. The summed E-state index contributed by atoms with van der Waals surface area (Å²) in [6.45, 7) is 0. The summed E-state index contributed by atoms with van der Waals surface area (Å²) in [5.41, 5.74) is 12.5. The Hall–Kier alpha value is -7.27. The van der Waals surface area contributed by atoms with Crippen LogP contribution in [0, 0.1) is 0 Å². The van der Waals surface area contributed by atoms with Crippen LogP contribution in [-0.2, 0) is 0 Å². The maximum atomic E-state index is 5.28. The van der Waals surface area contributed by atoms with Crippen molar-refractivity contribution < 1.29 is 0 Å². The van der Waals surface area contributed by atoms with Crippen molar-refractivity contribution in [2.45, 2.75) is 0 Å². The number of hydrogen-bond acceptors (Lipinski definition) is 4. The van der Waals surface area contributed by atoms with Gasteiger partial charge in [-0.15, -0.1) is 11.3 Å². The van der Waals surface area contributed by atoms with Crippen molar-refractivity contribution in [3.05, 3.63) is 200 Å². The Bertz CT molecular complexity index is 3140. The standard InChI is InChI=1S/C53H33N3S/c1-3-11-34(12-4-1)36-19-23-38(24-20-36)47-33-48(39-25-21-37(22-26-39)35-13-5-2-6-14-35)56-53(55-47)41-29-27-40(28-30-41)51-45-32-31-43-42-15-8-10-18-49(42)57-52(43)50(45)44-16-7-9-17-46(44)54-51/h1-33H. The van der Waals surface area contributed by atoms with Gasteiger partial charge in [-0.2, -0.15) is 0 Å². The van der Waals surface area contributed by atoms with Gasteiger partial charge in [-0.3, -0.25) is 0 Å². The molecular formula is C53H33N3S. The van der Waals surface area contributed by atoms with Crippen LogP contribution in [0.3, 0.4) is 0 Å². The van der Waals surface area contributed by atoms with Crippen molar-refractivity contribution in [2.24, 2.45) is 0 Å². The quantitative estimate of drug-likeness (QED) is 0.159. The minimum Gasteiger partial charge on any atom is -0.247 e. The van der Waals surface area contributed by atoms with Crippen LogP contribution in [0.25, 0.3) is 109 Å². The number of aromatic nitrogens is 3. The number of thiophene rings is 1. The zero-order valence-corrected chi connectivity index (χ0v) is 31.6. The number of benzene rings is 8. The summed E-state index contributed by atoms with van der Waals surface area (Å²) >= 11 is 1.86. The van der Waals surface area contributed by atoms with Gasteiger partial charge in [-0.25, -0.2) is 15.0 Å². The Morgan fingerprint density at radius 1 is 0.316 bits per heavy atom. The molecule has 11 rings (SSSR count). The Morgan fingerprint density at radius 2 is 0.789 bits per heavy atom. The third-order valence-electron chi connectivity index (χ3n) is 10.9. The zero-order chi connectivity index (χ0) is 37.7. The van der Waals surface area contributed by atoms with Crippen LogP contribution < -0.4 is 0 Å². The first-order chi connectivity index (χ1) is 28.2. The summed E-state index contributed by atoms with van der Waals surface area (Å²) in [6, 6.07) is 70.7. The molecule has 0 saturated carbocycles. The highest BCUT2D eigenvalue weighted by molar-refractivity contribution is 7.26. The fraction of sp³-hybridized carbons (Fsp3) is 0. The summed E-state index contributed by atoms with van der Waals surface area (Å²) in [5, 5.41) is 6.18. The summed E-state index contributed by atoms with van der Waals surface area (Å²) in [7, 11) is 0. The average molecular weight is 744 g/mol. The first-order valence-electron chi connectivity index (χ1n) is 19.2. The van der Waals surface area contributed by atoms with Crippen molar-refractivity contribution >= 4 is 53.2 Å². The number of hydrogen-bond donors (Lipinski definition) is 0. The van der Waals surface area contributed by atoms with Gasteiger partial charge in [-0.05, 0) is 40.5 Å². The van der Waals surface area contributed by atoms with E-state index in [2.05, 4.69) is 188 Å². The number of rotatable bonds is 6. The molecule has 8 aromatic carbocycles. The molecule has 11 aromatic rings. The van der Waals surface area contributed by atoms with Crippen molar-refractivity contribution in [3.8, 4) is 67.4 Å².